The number of methoxy groups -OCH3 is 1. The second kappa shape index (κ2) is 8.04. The molecule has 17 heavy (non-hydrogen) atoms. The normalized spacial score (nSPS) is 19.6. The molecular weight excluding hydrogens is 218 g/mol. The maximum Gasteiger partial charge on any atom is 0.239 e. The molecule has 0 aromatic heterocycles. The van der Waals surface area contributed by atoms with E-state index in [0.717, 1.165) is 25.8 Å². The van der Waals surface area contributed by atoms with Gasteiger partial charge in [0, 0.05) is 20.2 Å². The van der Waals surface area contributed by atoms with Gasteiger partial charge in [0.05, 0.1) is 25.1 Å². The number of ether oxygens (including phenoxy) is 1. The molecule has 1 heterocycles. The summed E-state index contributed by atoms with van der Waals surface area (Å²) < 4.78 is 4.99. The van der Waals surface area contributed by atoms with Gasteiger partial charge in [0.15, 0.2) is 0 Å². The molecule has 1 atom stereocenters. The third kappa shape index (κ3) is 4.72. The fourth-order valence-corrected chi connectivity index (χ4v) is 2.00. The zero-order valence-electron chi connectivity index (χ0n) is 10.4. The van der Waals surface area contributed by atoms with Crippen molar-refractivity contribution in [2.75, 3.05) is 33.4 Å². The Morgan fingerprint density at radius 2 is 2.35 bits per heavy atom. The first-order valence-corrected chi connectivity index (χ1v) is 6.17. The molecule has 1 aliphatic heterocycles. The summed E-state index contributed by atoms with van der Waals surface area (Å²) in [5, 5.41) is 11.8. The molecule has 0 aliphatic carbocycles. The second-order valence-electron chi connectivity index (χ2n) is 4.23. The van der Waals surface area contributed by atoms with Crippen LogP contribution in [-0.2, 0) is 9.53 Å². The van der Waals surface area contributed by atoms with E-state index in [9.17, 15) is 4.79 Å². The molecule has 1 fully saturated rings. The number of carbonyl (C=O) groups is 1. The van der Waals surface area contributed by atoms with Crippen molar-refractivity contribution in [1.82, 2.24) is 10.2 Å². The second-order valence-corrected chi connectivity index (χ2v) is 4.23. The maximum atomic E-state index is 12.2. The van der Waals surface area contributed by atoms with E-state index < -0.39 is 0 Å². The summed E-state index contributed by atoms with van der Waals surface area (Å²) in [6.45, 7) is 2.49. The Labute approximate surface area is 103 Å². The van der Waals surface area contributed by atoms with E-state index in [1.807, 2.05) is 0 Å². The topological polar surface area (TPSA) is 65.4 Å². The van der Waals surface area contributed by atoms with Crippen molar-refractivity contribution in [2.45, 2.75) is 31.7 Å². The molecule has 1 saturated heterocycles. The summed E-state index contributed by atoms with van der Waals surface area (Å²) in [4.78, 5) is 13.9. The van der Waals surface area contributed by atoms with Crippen LogP contribution in [0.3, 0.4) is 0 Å². The van der Waals surface area contributed by atoms with Gasteiger partial charge in [-0.05, 0) is 19.4 Å². The Bertz CT molecular complexity index is 269. The molecule has 5 nitrogen and oxygen atoms in total. The van der Waals surface area contributed by atoms with Crippen LogP contribution >= 0.6 is 0 Å². The van der Waals surface area contributed by atoms with Gasteiger partial charge < -0.3 is 15.0 Å². The van der Waals surface area contributed by atoms with E-state index in [1.54, 1.807) is 12.0 Å². The highest BCUT2D eigenvalue weighted by Crippen LogP contribution is 2.10. The van der Waals surface area contributed by atoms with Crippen molar-refractivity contribution < 1.29 is 9.53 Å². The third-order valence-electron chi connectivity index (χ3n) is 2.98. The first-order chi connectivity index (χ1) is 8.29. The van der Waals surface area contributed by atoms with Gasteiger partial charge in [-0.2, -0.15) is 5.26 Å². The highest BCUT2D eigenvalue weighted by molar-refractivity contribution is 5.82. The fourth-order valence-electron chi connectivity index (χ4n) is 2.00. The van der Waals surface area contributed by atoms with Gasteiger partial charge in [-0.25, -0.2) is 0 Å². The van der Waals surface area contributed by atoms with Gasteiger partial charge in [-0.15, -0.1) is 0 Å². The number of piperidine rings is 1. The number of carbonyl (C=O) groups excluding carboxylic acids is 1. The summed E-state index contributed by atoms with van der Waals surface area (Å²) in [5.74, 6) is 0.108. The molecule has 1 amide bonds. The zero-order valence-corrected chi connectivity index (χ0v) is 10.4. The van der Waals surface area contributed by atoms with Crippen molar-refractivity contribution in [3.05, 3.63) is 0 Å². The Hall–Kier alpha value is -1.12. The molecule has 0 spiro atoms. The van der Waals surface area contributed by atoms with Gasteiger partial charge in [-0.3, -0.25) is 4.79 Å². The number of rotatable bonds is 6. The molecular formula is C12H21N3O2. The first kappa shape index (κ1) is 13.9. The molecule has 0 unspecified atom stereocenters. The van der Waals surface area contributed by atoms with Crippen LogP contribution in [0.15, 0.2) is 0 Å². The van der Waals surface area contributed by atoms with Crippen molar-refractivity contribution in [1.29, 1.82) is 5.26 Å². The molecule has 0 aromatic carbocycles. The number of hydrogen-bond acceptors (Lipinski definition) is 4. The van der Waals surface area contributed by atoms with Gasteiger partial charge in [0.25, 0.3) is 0 Å². The summed E-state index contributed by atoms with van der Waals surface area (Å²) in [7, 11) is 1.62. The quantitative estimate of drug-likeness (QED) is 0.733. The van der Waals surface area contributed by atoms with E-state index in [4.69, 9.17) is 10.00 Å². The molecule has 0 bridgehead atoms. The molecule has 5 heteroatoms. The monoisotopic (exact) mass is 239 g/mol. The highest BCUT2D eigenvalue weighted by Gasteiger charge is 2.25. The first-order valence-electron chi connectivity index (χ1n) is 6.17. The summed E-state index contributed by atoms with van der Waals surface area (Å²) in [5.41, 5.74) is 0. The Balaban J connectivity index is 2.47. The van der Waals surface area contributed by atoms with Crippen LogP contribution in [0.1, 0.15) is 25.7 Å². The van der Waals surface area contributed by atoms with Crippen molar-refractivity contribution >= 4 is 5.91 Å². The number of nitrogens with one attached hydrogen (secondary N) is 1. The van der Waals surface area contributed by atoms with Gasteiger partial charge >= 0.3 is 0 Å². The predicted molar refractivity (Wildman–Crippen MR) is 64.3 cm³/mol. The lowest BCUT2D eigenvalue weighted by atomic mass is 10.0. The van der Waals surface area contributed by atoms with Gasteiger partial charge in [0.2, 0.25) is 5.91 Å². The SMILES string of the molecule is COCCN(CCC#N)C(=O)[C@H]1CCCCN1. The van der Waals surface area contributed by atoms with E-state index in [1.165, 1.54) is 0 Å². The van der Waals surface area contributed by atoms with Crippen molar-refractivity contribution in [3.8, 4) is 6.07 Å². The largest absolute Gasteiger partial charge is 0.383 e. The van der Waals surface area contributed by atoms with Crippen molar-refractivity contribution in [3.63, 3.8) is 0 Å². The van der Waals surface area contributed by atoms with Gasteiger partial charge in [-0.1, -0.05) is 6.42 Å². The molecule has 0 aromatic rings. The molecule has 96 valence electrons. The number of nitrogens with zero attached hydrogens (tertiary/aromatic N) is 2. The lowest BCUT2D eigenvalue weighted by Gasteiger charge is -2.29. The standard InChI is InChI=1S/C12H21N3O2/c1-17-10-9-15(8-4-6-13)12(16)11-5-2-3-7-14-11/h11,14H,2-5,7-10H2,1H3/t11-/m1/s1. The Morgan fingerprint density at radius 1 is 1.53 bits per heavy atom. The molecule has 1 rings (SSSR count). The van der Waals surface area contributed by atoms with E-state index in [0.29, 0.717) is 26.1 Å². The minimum atomic E-state index is -0.0701. The Kier molecular flexibility index (Phi) is 6.60. The van der Waals surface area contributed by atoms with E-state index in [-0.39, 0.29) is 11.9 Å². The maximum absolute atomic E-state index is 12.2. The minimum Gasteiger partial charge on any atom is -0.383 e. The third-order valence-corrected chi connectivity index (χ3v) is 2.98. The van der Waals surface area contributed by atoms with Crippen LogP contribution in [0, 0.1) is 11.3 Å². The average Bonchev–Trinajstić information content (AvgIpc) is 2.39. The number of nitriles is 1. The predicted octanol–water partition coefficient (Wildman–Crippen LogP) is 0.517. The van der Waals surface area contributed by atoms with Crippen LogP contribution in [0.2, 0.25) is 0 Å². The van der Waals surface area contributed by atoms with Gasteiger partial charge in [0.1, 0.15) is 0 Å². The van der Waals surface area contributed by atoms with Crippen LogP contribution < -0.4 is 5.32 Å². The molecule has 1 aliphatic rings. The average molecular weight is 239 g/mol. The minimum absolute atomic E-state index is 0.0701. The van der Waals surface area contributed by atoms with Crippen LogP contribution in [0.4, 0.5) is 0 Å². The number of hydrogen-bond donors (Lipinski definition) is 1. The van der Waals surface area contributed by atoms with Crippen LogP contribution in [0.25, 0.3) is 0 Å². The summed E-state index contributed by atoms with van der Waals surface area (Å²) in [6, 6.07) is 2.01. The fraction of sp³-hybridized carbons (Fsp3) is 0.833. The molecule has 0 saturated carbocycles. The molecule has 1 N–H and O–H groups in total. The summed E-state index contributed by atoms with van der Waals surface area (Å²) in [6.07, 6.45) is 3.51. The van der Waals surface area contributed by atoms with E-state index >= 15 is 0 Å². The summed E-state index contributed by atoms with van der Waals surface area (Å²) >= 11 is 0. The smallest absolute Gasteiger partial charge is 0.239 e. The van der Waals surface area contributed by atoms with E-state index in [2.05, 4.69) is 11.4 Å². The lowest BCUT2D eigenvalue weighted by Crippen LogP contribution is -2.49. The highest BCUT2D eigenvalue weighted by atomic mass is 16.5. The number of amides is 1. The Morgan fingerprint density at radius 3 is 2.94 bits per heavy atom. The molecule has 0 radical (unpaired) electrons. The van der Waals surface area contributed by atoms with Crippen molar-refractivity contribution in [2.24, 2.45) is 0 Å². The zero-order chi connectivity index (χ0) is 12.5. The lowest BCUT2D eigenvalue weighted by molar-refractivity contribution is -0.134. The van der Waals surface area contributed by atoms with Crippen LogP contribution in [-0.4, -0.2) is 50.2 Å². The van der Waals surface area contributed by atoms with Crippen LogP contribution in [0.5, 0.6) is 0 Å².